The van der Waals surface area contributed by atoms with Crippen LogP contribution >= 0.6 is 0 Å². The molecule has 72 valence electrons. The number of unbranched alkanes of at least 4 members (excludes halogenated alkanes) is 1. The minimum atomic E-state index is 1.11. The zero-order chi connectivity index (χ0) is 9.52. The Morgan fingerprint density at radius 1 is 1.15 bits per heavy atom. The molecule has 0 aliphatic carbocycles. The summed E-state index contributed by atoms with van der Waals surface area (Å²) in [6, 6.07) is 8.46. The molecule has 1 aromatic rings. The molecule has 1 heterocycles. The van der Waals surface area contributed by atoms with Gasteiger partial charge in [0.2, 0.25) is 0 Å². The van der Waals surface area contributed by atoms with Gasteiger partial charge in [-0.3, -0.25) is 0 Å². The minimum Gasteiger partial charge on any atom is -0.384 e. The second-order valence-electron chi connectivity index (χ2n) is 3.33. The van der Waals surface area contributed by atoms with Crippen molar-refractivity contribution < 1.29 is 0 Å². The van der Waals surface area contributed by atoms with Crippen LogP contribution in [0.2, 0.25) is 0 Å². The first-order chi connectivity index (χ1) is 6.38. The lowest BCUT2D eigenvalue weighted by atomic mass is 10.2. The monoisotopic (exact) mass is 177 g/mol. The first-order valence-corrected chi connectivity index (χ1v) is 5.20. The Kier molecular flexibility index (Phi) is 4.37. The van der Waals surface area contributed by atoms with Gasteiger partial charge in [0.25, 0.3) is 0 Å². The van der Waals surface area contributed by atoms with Crippen LogP contribution in [0, 0.1) is 0 Å². The highest BCUT2D eigenvalue weighted by Crippen LogP contribution is 2.19. The van der Waals surface area contributed by atoms with E-state index in [4.69, 9.17) is 0 Å². The number of benzene rings is 1. The van der Waals surface area contributed by atoms with E-state index in [0.717, 1.165) is 6.54 Å². The van der Waals surface area contributed by atoms with E-state index in [-0.39, 0.29) is 0 Å². The Morgan fingerprint density at radius 2 is 1.85 bits per heavy atom. The molecule has 1 heteroatoms. The fourth-order valence-electron chi connectivity index (χ4n) is 1.24. The Balaban J connectivity index is 0.000000184. The molecule has 0 saturated carbocycles. The number of hydrogen-bond donors (Lipinski definition) is 1. The van der Waals surface area contributed by atoms with Gasteiger partial charge in [-0.2, -0.15) is 0 Å². The second-order valence-corrected chi connectivity index (χ2v) is 3.33. The molecule has 1 aliphatic rings. The Labute approximate surface area is 81.2 Å². The Bertz CT molecular complexity index is 218. The van der Waals surface area contributed by atoms with Crippen LogP contribution < -0.4 is 5.32 Å². The first kappa shape index (κ1) is 10.1. The van der Waals surface area contributed by atoms with Crippen molar-refractivity contribution in [1.82, 2.24) is 0 Å². The molecule has 1 nitrogen and oxygen atoms in total. The van der Waals surface area contributed by atoms with Gasteiger partial charge in [-0.15, -0.1) is 0 Å². The molecule has 0 fully saturated rings. The summed E-state index contributed by atoms with van der Waals surface area (Å²) >= 11 is 0. The maximum atomic E-state index is 3.30. The standard InChI is InChI=1S/C8H9N.C4H10/c1-2-4-8-7(3-1)5-6-9-8;1-3-4-2/h1-4,9H,5-6H2;3-4H2,1-2H3. The molecular formula is C12H19N. The average Bonchev–Trinajstić information content (AvgIpc) is 2.66. The molecular weight excluding hydrogens is 158 g/mol. The largest absolute Gasteiger partial charge is 0.384 e. The third-order valence-corrected chi connectivity index (χ3v) is 2.23. The zero-order valence-electron chi connectivity index (χ0n) is 8.64. The number of fused-ring (bicyclic) bond motifs is 1. The molecule has 2 rings (SSSR count). The van der Waals surface area contributed by atoms with Crippen LogP contribution in [-0.4, -0.2) is 6.54 Å². The molecule has 0 spiro atoms. The van der Waals surface area contributed by atoms with E-state index < -0.39 is 0 Å². The highest BCUT2D eigenvalue weighted by molar-refractivity contribution is 5.54. The summed E-state index contributed by atoms with van der Waals surface area (Å²) in [6.45, 7) is 5.47. The predicted octanol–water partition coefficient (Wildman–Crippen LogP) is 3.46. The third-order valence-electron chi connectivity index (χ3n) is 2.23. The summed E-state index contributed by atoms with van der Waals surface area (Å²) in [4.78, 5) is 0. The van der Waals surface area contributed by atoms with E-state index in [1.807, 2.05) is 0 Å². The van der Waals surface area contributed by atoms with Crippen molar-refractivity contribution in [2.45, 2.75) is 33.1 Å². The van der Waals surface area contributed by atoms with Crippen molar-refractivity contribution in [3.8, 4) is 0 Å². The first-order valence-electron chi connectivity index (χ1n) is 5.20. The van der Waals surface area contributed by atoms with Crippen LogP contribution in [0.4, 0.5) is 5.69 Å². The number of anilines is 1. The molecule has 0 amide bonds. The Morgan fingerprint density at radius 3 is 2.46 bits per heavy atom. The van der Waals surface area contributed by atoms with Crippen molar-refractivity contribution in [2.75, 3.05) is 11.9 Å². The summed E-state index contributed by atoms with van der Waals surface area (Å²) in [5.41, 5.74) is 2.77. The fourth-order valence-corrected chi connectivity index (χ4v) is 1.24. The lowest BCUT2D eigenvalue weighted by Gasteiger charge is -1.94. The molecule has 0 saturated heterocycles. The summed E-state index contributed by atoms with van der Waals surface area (Å²) in [7, 11) is 0. The van der Waals surface area contributed by atoms with Gasteiger partial charge in [0, 0.05) is 12.2 Å². The van der Waals surface area contributed by atoms with Crippen LogP contribution in [0.3, 0.4) is 0 Å². The van der Waals surface area contributed by atoms with Crippen molar-refractivity contribution >= 4 is 5.69 Å². The SMILES string of the molecule is CCCC.c1ccc2c(c1)CCN2. The van der Waals surface area contributed by atoms with Crippen LogP contribution in [0.25, 0.3) is 0 Å². The molecule has 0 unspecified atom stereocenters. The van der Waals surface area contributed by atoms with Gasteiger partial charge >= 0.3 is 0 Å². The maximum absolute atomic E-state index is 3.30. The van der Waals surface area contributed by atoms with Crippen molar-refractivity contribution in [3.63, 3.8) is 0 Å². The number of para-hydroxylation sites is 1. The van der Waals surface area contributed by atoms with Gasteiger partial charge < -0.3 is 5.32 Å². The molecule has 0 radical (unpaired) electrons. The van der Waals surface area contributed by atoms with Gasteiger partial charge in [-0.05, 0) is 18.1 Å². The summed E-state index contributed by atoms with van der Waals surface area (Å²) < 4.78 is 0. The summed E-state index contributed by atoms with van der Waals surface area (Å²) in [5.74, 6) is 0. The topological polar surface area (TPSA) is 12.0 Å². The fraction of sp³-hybridized carbons (Fsp3) is 0.500. The highest BCUT2D eigenvalue weighted by atomic mass is 14.9. The normalized spacial score (nSPS) is 12.5. The summed E-state index contributed by atoms with van der Waals surface area (Å²) in [6.07, 6.45) is 3.83. The quantitative estimate of drug-likeness (QED) is 0.692. The second kappa shape index (κ2) is 5.63. The lowest BCUT2D eigenvalue weighted by Crippen LogP contribution is -1.90. The van der Waals surface area contributed by atoms with Crippen LogP contribution in [0.15, 0.2) is 24.3 Å². The van der Waals surface area contributed by atoms with Crippen LogP contribution in [0.1, 0.15) is 32.3 Å². The predicted molar refractivity (Wildman–Crippen MR) is 59.2 cm³/mol. The van der Waals surface area contributed by atoms with Crippen LogP contribution in [-0.2, 0) is 6.42 Å². The van der Waals surface area contributed by atoms with E-state index in [0.29, 0.717) is 0 Å². The number of nitrogens with one attached hydrogen (secondary N) is 1. The lowest BCUT2D eigenvalue weighted by molar-refractivity contribution is 0.886. The van der Waals surface area contributed by atoms with Gasteiger partial charge in [0.15, 0.2) is 0 Å². The smallest absolute Gasteiger partial charge is 0.0373 e. The number of rotatable bonds is 1. The molecule has 1 N–H and O–H groups in total. The summed E-state index contributed by atoms with van der Waals surface area (Å²) in [5, 5.41) is 3.30. The van der Waals surface area contributed by atoms with Crippen molar-refractivity contribution in [1.29, 1.82) is 0 Å². The third kappa shape index (κ3) is 3.10. The highest BCUT2D eigenvalue weighted by Gasteiger charge is 2.05. The van der Waals surface area contributed by atoms with Gasteiger partial charge in [0.1, 0.15) is 0 Å². The minimum absolute atomic E-state index is 1.11. The van der Waals surface area contributed by atoms with Crippen molar-refractivity contribution in [3.05, 3.63) is 29.8 Å². The zero-order valence-corrected chi connectivity index (χ0v) is 8.64. The van der Waals surface area contributed by atoms with Gasteiger partial charge in [0.05, 0.1) is 0 Å². The molecule has 1 aromatic carbocycles. The van der Waals surface area contributed by atoms with Crippen molar-refractivity contribution in [2.24, 2.45) is 0 Å². The maximum Gasteiger partial charge on any atom is 0.0373 e. The van der Waals surface area contributed by atoms with E-state index in [9.17, 15) is 0 Å². The molecule has 0 bridgehead atoms. The number of hydrogen-bond acceptors (Lipinski definition) is 1. The molecule has 1 aliphatic heterocycles. The van der Waals surface area contributed by atoms with Gasteiger partial charge in [-0.1, -0.05) is 44.9 Å². The average molecular weight is 177 g/mol. The Hall–Kier alpha value is -0.980. The molecule has 0 atom stereocenters. The van der Waals surface area contributed by atoms with Gasteiger partial charge in [-0.25, -0.2) is 0 Å². The van der Waals surface area contributed by atoms with E-state index in [1.54, 1.807) is 0 Å². The van der Waals surface area contributed by atoms with E-state index in [1.165, 1.54) is 30.5 Å². The van der Waals surface area contributed by atoms with Crippen LogP contribution in [0.5, 0.6) is 0 Å². The molecule has 0 aromatic heterocycles. The van der Waals surface area contributed by atoms with E-state index in [2.05, 4.69) is 43.4 Å². The van der Waals surface area contributed by atoms with E-state index >= 15 is 0 Å². The molecule has 13 heavy (non-hydrogen) atoms.